The van der Waals surface area contributed by atoms with Crippen molar-refractivity contribution in [3.05, 3.63) is 0 Å². The fraction of sp³-hybridized carbons (Fsp3) is 0.800. The molecule has 1 N–H and O–H groups in total. The molecule has 16 heavy (non-hydrogen) atoms. The van der Waals surface area contributed by atoms with Crippen molar-refractivity contribution in [2.45, 2.75) is 26.0 Å². The predicted octanol–water partition coefficient (Wildman–Crippen LogP) is -0.0218. The van der Waals surface area contributed by atoms with Crippen molar-refractivity contribution in [3.63, 3.8) is 0 Å². The fourth-order valence-electron chi connectivity index (χ4n) is 1.48. The first-order chi connectivity index (χ1) is 7.56. The predicted molar refractivity (Wildman–Crippen MR) is 57.0 cm³/mol. The molecule has 1 heterocycles. The number of nitrogens with zero attached hydrogens (tertiary/aromatic N) is 1. The lowest BCUT2D eigenvalue weighted by Gasteiger charge is -2.24. The van der Waals surface area contributed by atoms with Crippen LogP contribution >= 0.6 is 0 Å². The third-order valence-electron chi connectivity index (χ3n) is 2.60. The molecule has 0 spiro atoms. The van der Waals surface area contributed by atoms with Gasteiger partial charge in [-0.05, 0) is 13.8 Å². The molecule has 1 aliphatic rings. The summed E-state index contributed by atoms with van der Waals surface area (Å²) in [5, 5.41) is 2.64. The number of carbonyl (C=O) groups excluding carboxylic acids is 2. The molecule has 1 rings (SSSR count). The number of hydrogen-bond acceptors (Lipinski definition) is 4. The van der Waals surface area contributed by atoms with Crippen molar-refractivity contribution in [2.75, 3.05) is 27.0 Å². The topological polar surface area (TPSA) is 67.9 Å². The van der Waals surface area contributed by atoms with E-state index in [-0.39, 0.29) is 24.6 Å². The normalized spacial score (nSPS) is 19.3. The summed E-state index contributed by atoms with van der Waals surface area (Å²) in [5.74, 6) is -0.122. The number of hydrogen-bond donors (Lipinski definition) is 1. The van der Waals surface area contributed by atoms with Crippen LogP contribution in [0, 0.1) is 0 Å². The molecule has 0 radical (unpaired) electrons. The van der Waals surface area contributed by atoms with Crippen LogP contribution in [0.2, 0.25) is 0 Å². The minimum atomic E-state index is -0.613. The van der Waals surface area contributed by atoms with Gasteiger partial charge < -0.3 is 14.8 Å². The Morgan fingerprint density at radius 3 is 2.62 bits per heavy atom. The highest BCUT2D eigenvalue weighted by molar-refractivity contribution is 5.87. The minimum absolute atomic E-state index is 0.122. The van der Waals surface area contributed by atoms with E-state index in [1.165, 1.54) is 18.9 Å². The number of amides is 2. The lowest BCUT2D eigenvalue weighted by Crippen LogP contribution is -2.51. The maximum Gasteiger partial charge on any atom is 0.319 e. The zero-order chi connectivity index (χ0) is 12.1. The van der Waals surface area contributed by atoms with Gasteiger partial charge in [-0.15, -0.1) is 0 Å². The lowest BCUT2D eigenvalue weighted by atomic mass is 10.1. The SMILES string of the molecule is CO[C@H](C)[C@H](NC(=O)N1CCOC1)C(C)=O. The largest absolute Gasteiger partial charge is 0.379 e. The first-order valence-electron chi connectivity index (χ1n) is 5.22. The zero-order valence-electron chi connectivity index (χ0n) is 9.86. The number of ketones is 1. The molecule has 0 saturated carbocycles. The maximum atomic E-state index is 11.7. The first-order valence-corrected chi connectivity index (χ1v) is 5.22. The second-order valence-corrected chi connectivity index (χ2v) is 3.78. The molecule has 6 nitrogen and oxygen atoms in total. The number of ether oxygens (including phenoxy) is 2. The number of urea groups is 1. The number of Topliss-reactive ketones (excluding diaryl/α,β-unsaturated/α-hetero) is 1. The third kappa shape index (κ3) is 3.18. The molecule has 0 aromatic rings. The molecule has 1 aliphatic heterocycles. The highest BCUT2D eigenvalue weighted by Crippen LogP contribution is 2.03. The monoisotopic (exact) mass is 230 g/mol. The zero-order valence-corrected chi connectivity index (χ0v) is 9.86. The summed E-state index contributed by atoms with van der Waals surface area (Å²) in [7, 11) is 1.51. The summed E-state index contributed by atoms with van der Waals surface area (Å²) in [6.07, 6.45) is -0.343. The van der Waals surface area contributed by atoms with Gasteiger partial charge in [-0.1, -0.05) is 0 Å². The molecule has 2 atom stereocenters. The molecule has 1 saturated heterocycles. The summed E-state index contributed by atoms with van der Waals surface area (Å²) in [4.78, 5) is 24.6. The number of nitrogens with one attached hydrogen (secondary N) is 1. The first kappa shape index (κ1) is 12.9. The van der Waals surface area contributed by atoms with Crippen LogP contribution in [-0.4, -0.2) is 55.9 Å². The Labute approximate surface area is 94.9 Å². The van der Waals surface area contributed by atoms with Crippen LogP contribution in [0.25, 0.3) is 0 Å². The van der Waals surface area contributed by atoms with E-state index in [9.17, 15) is 9.59 Å². The van der Waals surface area contributed by atoms with Gasteiger partial charge in [0, 0.05) is 13.7 Å². The Morgan fingerprint density at radius 1 is 1.50 bits per heavy atom. The van der Waals surface area contributed by atoms with E-state index in [4.69, 9.17) is 9.47 Å². The molecule has 6 heteroatoms. The number of methoxy groups -OCH3 is 1. The fourth-order valence-corrected chi connectivity index (χ4v) is 1.48. The Kier molecular flexibility index (Phi) is 4.70. The highest BCUT2D eigenvalue weighted by atomic mass is 16.5. The quantitative estimate of drug-likeness (QED) is 0.737. The van der Waals surface area contributed by atoms with Gasteiger partial charge in [0.15, 0.2) is 5.78 Å². The van der Waals surface area contributed by atoms with Gasteiger partial charge in [0.25, 0.3) is 0 Å². The smallest absolute Gasteiger partial charge is 0.319 e. The van der Waals surface area contributed by atoms with Gasteiger partial charge in [-0.3, -0.25) is 9.69 Å². The molecule has 1 fully saturated rings. The number of rotatable bonds is 4. The van der Waals surface area contributed by atoms with Crippen molar-refractivity contribution in [3.8, 4) is 0 Å². The Balaban J connectivity index is 2.53. The standard InChI is InChI=1S/C10H18N2O4/c1-7(13)9(8(2)15-3)11-10(14)12-4-5-16-6-12/h8-9H,4-6H2,1-3H3,(H,11,14)/t8-,9-/m1/s1. The Bertz CT molecular complexity index is 264. The molecule has 0 aliphatic carbocycles. The lowest BCUT2D eigenvalue weighted by molar-refractivity contribution is -0.121. The molecular formula is C10H18N2O4. The van der Waals surface area contributed by atoms with Crippen molar-refractivity contribution in [2.24, 2.45) is 0 Å². The van der Waals surface area contributed by atoms with Crippen LogP contribution in [0.1, 0.15) is 13.8 Å². The molecule has 2 amide bonds. The number of carbonyl (C=O) groups is 2. The van der Waals surface area contributed by atoms with E-state index in [2.05, 4.69) is 5.32 Å². The molecule has 0 aromatic carbocycles. The summed E-state index contributed by atoms with van der Waals surface area (Å²) in [5.41, 5.74) is 0. The van der Waals surface area contributed by atoms with Crippen molar-refractivity contribution in [1.82, 2.24) is 10.2 Å². The maximum absolute atomic E-state index is 11.7. The second kappa shape index (κ2) is 5.81. The van der Waals surface area contributed by atoms with Crippen molar-refractivity contribution in [1.29, 1.82) is 0 Å². The van der Waals surface area contributed by atoms with E-state index in [1.807, 2.05) is 0 Å². The average molecular weight is 230 g/mol. The van der Waals surface area contributed by atoms with Crippen LogP contribution in [0.15, 0.2) is 0 Å². The second-order valence-electron chi connectivity index (χ2n) is 3.78. The summed E-state index contributed by atoms with van der Waals surface area (Å²) < 4.78 is 10.1. The van der Waals surface area contributed by atoms with Crippen LogP contribution in [-0.2, 0) is 14.3 Å². The van der Waals surface area contributed by atoms with Crippen LogP contribution < -0.4 is 5.32 Å². The van der Waals surface area contributed by atoms with E-state index in [0.29, 0.717) is 13.2 Å². The van der Waals surface area contributed by atoms with E-state index in [1.54, 1.807) is 6.92 Å². The Morgan fingerprint density at radius 2 is 2.19 bits per heavy atom. The summed E-state index contributed by atoms with van der Waals surface area (Å²) >= 11 is 0. The molecule has 92 valence electrons. The Hall–Kier alpha value is -1.14. The van der Waals surface area contributed by atoms with Crippen molar-refractivity contribution < 1.29 is 19.1 Å². The van der Waals surface area contributed by atoms with E-state index >= 15 is 0 Å². The van der Waals surface area contributed by atoms with Gasteiger partial charge in [0.2, 0.25) is 0 Å². The van der Waals surface area contributed by atoms with E-state index < -0.39 is 6.04 Å². The van der Waals surface area contributed by atoms with Gasteiger partial charge in [0.05, 0.1) is 12.7 Å². The van der Waals surface area contributed by atoms with Crippen LogP contribution in [0.3, 0.4) is 0 Å². The molecule has 0 unspecified atom stereocenters. The summed E-state index contributed by atoms with van der Waals surface area (Å²) in [6, 6.07) is -0.903. The molecule has 0 aromatic heterocycles. The van der Waals surface area contributed by atoms with Crippen LogP contribution in [0.4, 0.5) is 4.79 Å². The van der Waals surface area contributed by atoms with E-state index in [0.717, 1.165) is 0 Å². The molecular weight excluding hydrogens is 212 g/mol. The summed E-state index contributed by atoms with van der Waals surface area (Å²) in [6.45, 7) is 4.54. The van der Waals surface area contributed by atoms with Gasteiger partial charge in [-0.2, -0.15) is 0 Å². The average Bonchev–Trinajstić information content (AvgIpc) is 2.77. The van der Waals surface area contributed by atoms with Crippen LogP contribution in [0.5, 0.6) is 0 Å². The minimum Gasteiger partial charge on any atom is -0.379 e. The van der Waals surface area contributed by atoms with Gasteiger partial charge >= 0.3 is 6.03 Å². The van der Waals surface area contributed by atoms with Gasteiger partial charge in [0.1, 0.15) is 12.8 Å². The van der Waals surface area contributed by atoms with Crippen molar-refractivity contribution >= 4 is 11.8 Å². The third-order valence-corrected chi connectivity index (χ3v) is 2.60. The molecule has 0 bridgehead atoms. The highest BCUT2D eigenvalue weighted by Gasteiger charge is 2.27. The van der Waals surface area contributed by atoms with Gasteiger partial charge in [-0.25, -0.2) is 4.79 Å².